The Labute approximate surface area is 204 Å². The van der Waals surface area contributed by atoms with Crippen LogP contribution in [0.4, 0.5) is 5.69 Å². The van der Waals surface area contributed by atoms with E-state index in [4.69, 9.17) is 11.6 Å². The number of carbonyl (C=O) groups is 2. The molecule has 174 valence electrons. The van der Waals surface area contributed by atoms with E-state index >= 15 is 0 Å². The zero-order valence-corrected chi connectivity index (χ0v) is 19.7. The summed E-state index contributed by atoms with van der Waals surface area (Å²) in [7, 11) is 0. The topological polar surface area (TPSA) is 69.1 Å². The van der Waals surface area contributed by atoms with Crippen molar-refractivity contribution in [2.45, 2.75) is 6.92 Å². The van der Waals surface area contributed by atoms with E-state index in [0.29, 0.717) is 23.7 Å². The first-order valence-electron chi connectivity index (χ1n) is 11.1. The number of aryl methyl sites for hydroxylation is 1. The van der Waals surface area contributed by atoms with Gasteiger partial charge in [0.1, 0.15) is 6.54 Å². The first-order valence-corrected chi connectivity index (χ1v) is 11.5. The van der Waals surface area contributed by atoms with E-state index in [1.807, 2.05) is 12.1 Å². The minimum absolute atomic E-state index is 0.144. The number of hydrogen-bond acceptors (Lipinski definition) is 5. The van der Waals surface area contributed by atoms with Gasteiger partial charge in [0.05, 0.1) is 6.21 Å². The van der Waals surface area contributed by atoms with Gasteiger partial charge in [-0.2, -0.15) is 5.10 Å². The average molecular weight is 476 g/mol. The zero-order chi connectivity index (χ0) is 23.9. The Hall–Kier alpha value is -3.71. The van der Waals surface area contributed by atoms with E-state index in [-0.39, 0.29) is 18.4 Å². The quantitative estimate of drug-likeness (QED) is 0.401. The first kappa shape index (κ1) is 23.4. The van der Waals surface area contributed by atoms with Gasteiger partial charge in [-0.3, -0.25) is 14.6 Å². The molecule has 2 amide bonds. The number of halogens is 1. The number of amides is 2. The lowest BCUT2D eigenvalue weighted by atomic mass is 10.2. The number of piperazine rings is 1. The van der Waals surface area contributed by atoms with Crippen molar-refractivity contribution in [2.24, 2.45) is 5.10 Å². The van der Waals surface area contributed by atoms with E-state index in [1.165, 1.54) is 16.8 Å². The number of rotatable bonds is 6. The van der Waals surface area contributed by atoms with Crippen LogP contribution >= 0.6 is 11.6 Å². The summed E-state index contributed by atoms with van der Waals surface area (Å²) in [5.74, 6) is -0.512. The summed E-state index contributed by atoms with van der Waals surface area (Å²) in [6.07, 6.45) is 4.62. The molecule has 1 aromatic heterocycles. The second-order valence-corrected chi connectivity index (χ2v) is 8.54. The van der Waals surface area contributed by atoms with E-state index in [1.54, 1.807) is 47.6 Å². The highest BCUT2D eigenvalue weighted by Crippen LogP contribution is 2.18. The molecule has 7 nitrogen and oxygen atoms in total. The van der Waals surface area contributed by atoms with Gasteiger partial charge in [-0.05, 0) is 54.4 Å². The van der Waals surface area contributed by atoms with Crippen LogP contribution in [0.25, 0.3) is 0 Å². The number of anilines is 1. The van der Waals surface area contributed by atoms with Gasteiger partial charge in [-0.1, -0.05) is 35.9 Å². The standard InChI is InChI=1S/C26H26ClN5O2/c1-20-4-2-7-24(16-20)30-12-14-31(15-13-30)25(33)19-32(26(34)22-8-10-28-11-9-22)29-18-21-5-3-6-23(27)17-21/h2-11,16-18H,12-15,19H2,1H3/b29-18+. The molecule has 34 heavy (non-hydrogen) atoms. The maximum Gasteiger partial charge on any atom is 0.274 e. The smallest absolute Gasteiger partial charge is 0.274 e. The molecule has 0 N–H and O–H groups in total. The van der Waals surface area contributed by atoms with Gasteiger partial charge in [0, 0.05) is 54.8 Å². The first-order chi connectivity index (χ1) is 16.5. The van der Waals surface area contributed by atoms with Crippen LogP contribution in [-0.2, 0) is 4.79 Å². The molecule has 3 aromatic rings. The van der Waals surface area contributed by atoms with Gasteiger partial charge in [-0.25, -0.2) is 5.01 Å². The van der Waals surface area contributed by atoms with Crippen molar-refractivity contribution in [3.05, 3.63) is 94.8 Å². The van der Waals surface area contributed by atoms with Crippen molar-refractivity contribution in [1.82, 2.24) is 14.9 Å². The summed E-state index contributed by atoms with van der Waals surface area (Å²) in [4.78, 5) is 34.2. The molecule has 0 radical (unpaired) electrons. The van der Waals surface area contributed by atoms with Gasteiger partial charge in [0.25, 0.3) is 5.91 Å². The fourth-order valence-electron chi connectivity index (χ4n) is 3.80. The Morgan fingerprint density at radius 1 is 1.03 bits per heavy atom. The largest absolute Gasteiger partial charge is 0.368 e. The number of hydrazone groups is 1. The molecule has 4 rings (SSSR count). The van der Waals surface area contributed by atoms with E-state index < -0.39 is 0 Å². The Morgan fingerprint density at radius 2 is 1.76 bits per heavy atom. The number of pyridine rings is 1. The van der Waals surface area contributed by atoms with Gasteiger partial charge in [-0.15, -0.1) is 0 Å². The SMILES string of the molecule is Cc1cccc(N2CCN(C(=O)CN(/N=C/c3cccc(Cl)c3)C(=O)c3ccncc3)CC2)c1. The molecular formula is C26H26ClN5O2. The van der Waals surface area contributed by atoms with Crippen molar-refractivity contribution >= 4 is 35.3 Å². The van der Waals surface area contributed by atoms with Crippen molar-refractivity contribution < 1.29 is 9.59 Å². The molecule has 8 heteroatoms. The van der Waals surface area contributed by atoms with Crippen LogP contribution in [0.2, 0.25) is 5.02 Å². The molecular weight excluding hydrogens is 450 g/mol. The number of nitrogens with zero attached hydrogens (tertiary/aromatic N) is 5. The fourth-order valence-corrected chi connectivity index (χ4v) is 4.00. The molecule has 0 saturated carbocycles. The monoisotopic (exact) mass is 475 g/mol. The highest BCUT2D eigenvalue weighted by atomic mass is 35.5. The Bertz CT molecular complexity index is 1180. The summed E-state index contributed by atoms with van der Waals surface area (Å²) < 4.78 is 0. The van der Waals surface area contributed by atoms with Crippen LogP contribution in [0.5, 0.6) is 0 Å². The molecule has 0 spiro atoms. The predicted octanol–water partition coefficient (Wildman–Crippen LogP) is 3.87. The van der Waals surface area contributed by atoms with E-state index in [0.717, 1.165) is 24.3 Å². The lowest BCUT2D eigenvalue weighted by Gasteiger charge is -2.36. The zero-order valence-electron chi connectivity index (χ0n) is 19.0. The van der Waals surface area contributed by atoms with Gasteiger partial charge in [0.15, 0.2) is 0 Å². The third-order valence-corrected chi connectivity index (χ3v) is 5.88. The molecule has 2 aromatic carbocycles. The van der Waals surface area contributed by atoms with Crippen molar-refractivity contribution in [3.63, 3.8) is 0 Å². The van der Waals surface area contributed by atoms with E-state index in [2.05, 4.69) is 40.1 Å². The highest BCUT2D eigenvalue weighted by molar-refractivity contribution is 6.30. The third-order valence-electron chi connectivity index (χ3n) is 5.64. The molecule has 1 saturated heterocycles. The molecule has 2 heterocycles. The minimum Gasteiger partial charge on any atom is -0.368 e. The number of aromatic nitrogens is 1. The number of benzene rings is 2. The third kappa shape index (κ3) is 5.99. The summed E-state index contributed by atoms with van der Waals surface area (Å²) in [5, 5.41) is 6.11. The van der Waals surface area contributed by atoms with Gasteiger partial charge < -0.3 is 9.80 Å². The average Bonchev–Trinajstić information content (AvgIpc) is 2.86. The van der Waals surface area contributed by atoms with Crippen molar-refractivity contribution in [3.8, 4) is 0 Å². The normalized spacial score (nSPS) is 13.8. The second-order valence-electron chi connectivity index (χ2n) is 8.11. The van der Waals surface area contributed by atoms with Gasteiger partial charge in [0.2, 0.25) is 5.91 Å². The van der Waals surface area contributed by atoms with Crippen LogP contribution in [0.3, 0.4) is 0 Å². The van der Waals surface area contributed by atoms with Crippen LogP contribution in [0.15, 0.2) is 78.2 Å². The number of carbonyl (C=O) groups excluding carboxylic acids is 2. The van der Waals surface area contributed by atoms with Crippen LogP contribution in [0, 0.1) is 6.92 Å². The maximum absolute atomic E-state index is 13.1. The van der Waals surface area contributed by atoms with Crippen LogP contribution < -0.4 is 4.90 Å². The maximum atomic E-state index is 13.1. The summed E-state index contributed by atoms with van der Waals surface area (Å²) in [6, 6.07) is 18.7. The lowest BCUT2D eigenvalue weighted by molar-refractivity contribution is -0.132. The second kappa shape index (κ2) is 10.9. The van der Waals surface area contributed by atoms with Crippen molar-refractivity contribution in [1.29, 1.82) is 0 Å². The molecule has 1 aliphatic rings. The molecule has 1 fully saturated rings. The highest BCUT2D eigenvalue weighted by Gasteiger charge is 2.25. The van der Waals surface area contributed by atoms with Crippen LogP contribution in [0.1, 0.15) is 21.5 Å². The van der Waals surface area contributed by atoms with E-state index in [9.17, 15) is 9.59 Å². The summed E-state index contributed by atoms with van der Waals surface area (Å²) in [6.45, 7) is 4.56. The lowest BCUT2D eigenvalue weighted by Crippen LogP contribution is -2.51. The summed E-state index contributed by atoms with van der Waals surface area (Å²) in [5.41, 5.74) is 3.51. The van der Waals surface area contributed by atoms with Crippen LogP contribution in [-0.4, -0.2) is 65.6 Å². The molecule has 1 aliphatic heterocycles. The van der Waals surface area contributed by atoms with Crippen molar-refractivity contribution in [2.75, 3.05) is 37.6 Å². The number of hydrogen-bond donors (Lipinski definition) is 0. The minimum atomic E-state index is -0.368. The molecule has 0 unspecified atom stereocenters. The van der Waals surface area contributed by atoms with Gasteiger partial charge >= 0.3 is 0 Å². The fraction of sp³-hybridized carbons (Fsp3) is 0.231. The molecule has 0 atom stereocenters. The Kier molecular flexibility index (Phi) is 7.54. The molecule has 0 bridgehead atoms. The molecule has 0 aliphatic carbocycles. The predicted molar refractivity (Wildman–Crippen MR) is 134 cm³/mol. The Morgan fingerprint density at radius 3 is 2.47 bits per heavy atom. The summed E-state index contributed by atoms with van der Waals surface area (Å²) >= 11 is 6.06. The Balaban J connectivity index is 1.45.